The topological polar surface area (TPSA) is 77.0 Å². The van der Waals surface area contributed by atoms with Crippen LogP contribution in [0.25, 0.3) is 11.6 Å². The van der Waals surface area contributed by atoms with Crippen molar-refractivity contribution in [1.29, 1.82) is 0 Å². The molecule has 0 aliphatic carbocycles. The summed E-state index contributed by atoms with van der Waals surface area (Å²) in [5, 5.41) is 22.1. The first-order valence-corrected chi connectivity index (χ1v) is 6.85. The highest BCUT2D eigenvalue weighted by Crippen LogP contribution is 2.13. The molecule has 0 fully saturated rings. The molecule has 0 unspecified atom stereocenters. The molecule has 21 heavy (non-hydrogen) atoms. The summed E-state index contributed by atoms with van der Waals surface area (Å²) in [5.74, 6) is 0.996. The van der Waals surface area contributed by atoms with Crippen LogP contribution in [0.1, 0.15) is 12.0 Å². The summed E-state index contributed by atoms with van der Waals surface area (Å²) in [6.45, 7) is 0.320. The predicted molar refractivity (Wildman–Crippen MR) is 76.3 cm³/mol. The smallest absolute Gasteiger partial charge is 0.240 e. The number of aliphatic hydroxyl groups excluding tert-OH is 1. The van der Waals surface area contributed by atoms with E-state index in [2.05, 4.69) is 27.5 Å². The maximum Gasteiger partial charge on any atom is 0.240 e. The Morgan fingerprint density at radius 2 is 2.00 bits per heavy atom. The average molecular weight is 284 g/mol. The van der Waals surface area contributed by atoms with E-state index in [-0.39, 0.29) is 0 Å². The number of nitrogens with zero attached hydrogens (tertiary/aromatic N) is 4. The van der Waals surface area contributed by atoms with E-state index in [0.29, 0.717) is 24.6 Å². The summed E-state index contributed by atoms with van der Waals surface area (Å²) >= 11 is 0. The first kappa shape index (κ1) is 13.5. The number of aromatic nitrogens is 4. The first-order chi connectivity index (χ1) is 10.3. The maximum atomic E-state index is 10.1. The molecule has 1 N–H and O–H groups in total. The van der Waals surface area contributed by atoms with E-state index in [1.54, 1.807) is 18.4 Å². The lowest BCUT2D eigenvalue weighted by Gasteiger charge is -2.08. The fourth-order valence-corrected chi connectivity index (χ4v) is 2.08. The third-order valence-corrected chi connectivity index (χ3v) is 3.18. The molecule has 0 saturated heterocycles. The average Bonchev–Trinajstić information content (AvgIpc) is 3.17. The molecular formula is C15H16N4O2. The van der Waals surface area contributed by atoms with Crippen molar-refractivity contribution >= 4 is 0 Å². The standard InChI is InChI=1S/C15H16N4O2/c20-13(9-8-12-5-2-1-3-6-12)11-19-17-15(16-18-19)14-7-4-10-21-14/h1-7,10,13,20H,8-9,11H2/t13-/m1/s1. The maximum absolute atomic E-state index is 10.1. The summed E-state index contributed by atoms with van der Waals surface area (Å²) in [6.07, 6.45) is 2.53. The molecule has 0 radical (unpaired) electrons. The van der Waals surface area contributed by atoms with Crippen LogP contribution in [0, 0.1) is 0 Å². The number of aryl methyl sites for hydroxylation is 1. The van der Waals surface area contributed by atoms with E-state index in [0.717, 1.165) is 6.42 Å². The second-order valence-corrected chi connectivity index (χ2v) is 4.82. The summed E-state index contributed by atoms with van der Waals surface area (Å²) in [6, 6.07) is 13.6. The number of furan rings is 1. The van der Waals surface area contributed by atoms with Crippen molar-refractivity contribution in [1.82, 2.24) is 20.2 Å². The number of hydrogen-bond donors (Lipinski definition) is 1. The second-order valence-electron chi connectivity index (χ2n) is 4.82. The molecule has 0 aliphatic rings. The summed E-state index contributed by atoms with van der Waals surface area (Å²) < 4.78 is 5.20. The van der Waals surface area contributed by atoms with Crippen LogP contribution in [-0.2, 0) is 13.0 Å². The van der Waals surface area contributed by atoms with Crippen molar-refractivity contribution in [2.45, 2.75) is 25.5 Å². The SMILES string of the molecule is O[C@H](CCc1ccccc1)Cn1nnc(-c2ccco2)n1. The van der Waals surface area contributed by atoms with Gasteiger partial charge < -0.3 is 9.52 Å². The molecule has 2 aromatic heterocycles. The number of hydrogen-bond acceptors (Lipinski definition) is 5. The quantitative estimate of drug-likeness (QED) is 0.748. The van der Waals surface area contributed by atoms with Crippen molar-refractivity contribution in [2.75, 3.05) is 0 Å². The van der Waals surface area contributed by atoms with Crippen molar-refractivity contribution in [3.8, 4) is 11.6 Å². The van der Waals surface area contributed by atoms with Gasteiger partial charge in [0.25, 0.3) is 0 Å². The van der Waals surface area contributed by atoms with Crippen LogP contribution in [-0.4, -0.2) is 31.4 Å². The number of rotatable bonds is 6. The monoisotopic (exact) mass is 284 g/mol. The highest BCUT2D eigenvalue weighted by Gasteiger charge is 2.11. The Bertz CT molecular complexity index is 664. The molecule has 3 aromatic rings. The third-order valence-electron chi connectivity index (χ3n) is 3.18. The minimum absolute atomic E-state index is 0.320. The van der Waals surface area contributed by atoms with Gasteiger partial charge in [-0.15, -0.1) is 10.2 Å². The molecule has 108 valence electrons. The normalized spacial score (nSPS) is 12.4. The zero-order chi connectivity index (χ0) is 14.5. The van der Waals surface area contributed by atoms with Crippen LogP contribution < -0.4 is 0 Å². The van der Waals surface area contributed by atoms with Crippen molar-refractivity contribution < 1.29 is 9.52 Å². The highest BCUT2D eigenvalue weighted by atomic mass is 16.3. The number of benzene rings is 1. The van der Waals surface area contributed by atoms with E-state index in [9.17, 15) is 5.11 Å². The lowest BCUT2D eigenvalue weighted by Crippen LogP contribution is -2.18. The molecular weight excluding hydrogens is 268 g/mol. The molecule has 0 amide bonds. The van der Waals surface area contributed by atoms with Gasteiger partial charge in [0, 0.05) is 0 Å². The largest absolute Gasteiger partial charge is 0.461 e. The lowest BCUT2D eigenvalue weighted by molar-refractivity contribution is 0.133. The van der Waals surface area contributed by atoms with Gasteiger partial charge in [-0.3, -0.25) is 0 Å². The Hall–Kier alpha value is -2.47. The first-order valence-electron chi connectivity index (χ1n) is 6.85. The van der Waals surface area contributed by atoms with Gasteiger partial charge in [-0.25, -0.2) is 0 Å². The van der Waals surface area contributed by atoms with E-state index >= 15 is 0 Å². The van der Waals surface area contributed by atoms with Crippen LogP contribution in [0.3, 0.4) is 0 Å². The Morgan fingerprint density at radius 3 is 2.76 bits per heavy atom. The Kier molecular flexibility index (Phi) is 4.07. The van der Waals surface area contributed by atoms with Crippen molar-refractivity contribution in [3.63, 3.8) is 0 Å². The Labute approximate surface area is 122 Å². The van der Waals surface area contributed by atoms with Crippen LogP contribution in [0.2, 0.25) is 0 Å². The fourth-order valence-electron chi connectivity index (χ4n) is 2.08. The predicted octanol–water partition coefficient (Wildman–Crippen LogP) is 1.93. The van der Waals surface area contributed by atoms with Gasteiger partial charge in [0.1, 0.15) is 0 Å². The Morgan fingerprint density at radius 1 is 1.14 bits per heavy atom. The molecule has 1 atom stereocenters. The highest BCUT2D eigenvalue weighted by molar-refractivity contribution is 5.43. The minimum Gasteiger partial charge on any atom is -0.461 e. The second kappa shape index (κ2) is 6.32. The molecule has 2 heterocycles. The zero-order valence-corrected chi connectivity index (χ0v) is 11.5. The number of aliphatic hydroxyl groups is 1. The molecule has 0 bridgehead atoms. The van der Waals surface area contributed by atoms with Crippen molar-refractivity contribution in [3.05, 3.63) is 54.3 Å². The van der Waals surface area contributed by atoms with Crippen molar-refractivity contribution in [2.24, 2.45) is 0 Å². The summed E-state index contributed by atoms with van der Waals surface area (Å²) in [5.41, 5.74) is 1.21. The van der Waals surface area contributed by atoms with E-state index in [1.165, 1.54) is 10.4 Å². The molecule has 3 rings (SSSR count). The van der Waals surface area contributed by atoms with Gasteiger partial charge in [0.2, 0.25) is 5.82 Å². The van der Waals surface area contributed by atoms with Gasteiger partial charge in [-0.1, -0.05) is 30.3 Å². The zero-order valence-electron chi connectivity index (χ0n) is 11.5. The molecule has 0 saturated carbocycles. The molecule has 0 aliphatic heterocycles. The molecule has 0 spiro atoms. The van der Waals surface area contributed by atoms with Crippen LogP contribution in [0.15, 0.2) is 53.1 Å². The third kappa shape index (κ3) is 3.55. The van der Waals surface area contributed by atoms with Gasteiger partial charge in [-0.2, -0.15) is 4.80 Å². The molecule has 6 nitrogen and oxygen atoms in total. The van der Waals surface area contributed by atoms with Gasteiger partial charge in [0.15, 0.2) is 5.76 Å². The molecule has 1 aromatic carbocycles. The van der Waals surface area contributed by atoms with Gasteiger partial charge in [-0.05, 0) is 35.8 Å². The molecule has 6 heteroatoms. The van der Waals surface area contributed by atoms with Crippen LogP contribution in [0.4, 0.5) is 0 Å². The fraction of sp³-hybridized carbons (Fsp3) is 0.267. The van der Waals surface area contributed by atoms with E-state index < -0.39 is 6.10 Å². The Balaban J connectivity index is 1.54. The van der Waals surface area contributed by atoms with Gasteiger partial charge >= 0.3 is 0 Å². The van der Waals surface area contributed by atoms with Crippen LogP contribution in [0.5, 0.6) is 0 Å². The van der Waals surface area contributed by atoms with E-state index in [4.69, 9.17) is 4.42 Å². The minimum atomic E-state index is -0.510. The lowest BCUT2D eigenvalue weighted by atomic mass is 10.1. The summed E-state index contributed by atoms with van der Waals surface area (Å²) in [7, 11) is 0. The van der Waals surface area contributed by atoms with Gasteiger partial charge in [0.05, 0.1) is 18.9 Å². The van der Waals surface area contributed by atoms with Crippen LogP contribution >= 0.6 is 0 Å². The number of tetrazole rings is 1. The van der Waals surface area contributed by atoms with E-state index in [1.807, 2.05) is 18.2 Å². The summed E-state index contributed by atoms with van der Waals surface area (Å²) in [4.78, 5) is 1.40.